The molecule has 0 fully saturated rings. The number of halogens is 1. The van der Waals surface area contributed by atoms with Crippen LogP contribution in [0.15, 0.2) is 18.2 Å². The second-order valence-corrected chi connectivity index (χ2v) is 4.84. The van der Waals surface area contributed by atoms with Crippen LogP contribution in [0.3, 0.4) is 0 Å². The van der Waals surface area contributed by atoms with Crippen LogP contribution in [0.1, 0.15) is 36.5 Å². The number of hydrogen-bond donors (Lipinski definition) is 1. The standard InChI is InChI=1S/C14H22ClN/c1-4-14(5-6-15)16-10-13-8-11(2)7-12(3)9-13/h7-9,14,16H,4-6,10H2,1-3H3. The van der Waals surface area contributed by atoms with Crippen molar-refractivity contribution >= 4 is 11.6 Å². The van der Waals surface area contributed by atoms with Gasteiger partial charge >= 0.3 is 0 Å². The van der Waals surface area contributed by atoms with Crippen LogP contribution in [-0.4, -0.2) is 11.9 Å². The second kappa shape index (κ2) is 6.93. The van der Waals surface area contributed by atoms with E-state index in [0.29, 0.717) is 6.04 Å². The highest BCUT2D eigenvalue weighted by Gasteiger charge is 2.04. The lowest BCUT2D eigenvalue weighted by molar-refractivity contribution is 0.486. The fourth-order valence-electron chi connectivity index (χ4n) is 2.02. The molecular formula is C14H22ClN. The van der Waals surface area contributed by atoms with Crippen LogP contribution in [0.25, 0.3) is 0 Å². The van der Waals surface area contributed by atoms with Crippen molar-refractivity contribution in [2.24, 2.45) is 0 Å². The summed E-state index contributed by atoms with van der Waals surface area (Å²) in [5.41, 5.74) is 4.04. The first-order valence-electron chi connectivity index (χ1n) is 6.02. The molecule has 0 saturated heterocycles. The van der Waals surface area contributed by atoms with Gasteiger partial charge in [-0.2, -0.15) is 0 Å². The highest BCUT2D eigenvalue weighted by Crippen LogP contribution is 2.09. The highest BCUT2D eigenvalue weighted by atomic mass is 35.5. The van der Waals surface area contributed by atoms with E-state index < -0.39 is 0 Å². The van der Waals surface area contributed by atoms with Gasteiger partial charge in [-0.15, -0.1) is 11.6 Å². The van der Waals surface area contributed by atoms with Crippen LogP contribution in [0.5, 0.6) is 0 Å². The maximum Gasteiger partial charge on any atom is 0.0238 e. The van der Waals surface area contributed by atoms with Crippen LogP contribution >= 0.6 is 11.6 Å². The van der Waals surface area contributed by atoms with Gasteiger partial charge in [0.1, 0.15) is 0 Å². The topological polar surface area (TPSA) is 12.0 Å². The summed E-state index contributed by atoms with van der Waals surface area (Å²) in [6, 6.07) is 7.23. The van der Waals surface area contributed by atoms with E-state index in [9.17, 15) is 0 Å². The first-order chi connectivity index (χ1) is 7.65. The van der Waals surface area contributed by atoms with Gasteiger partial charge < -0.3 is 5.32 Å². The molecule has 0 aliphatic heterocycles. The lowest BCUT2D eigenvalue weighted by atomic mass is 10.1. The Kier molecular flexibility index (Phi) is 5.86. The normalized spacial score (nSPS) is 12.8. The number of alkyl halides is 1. The molecule has 0 saturated carbocycles. The van der Waals surface area contributed by atoms with E-state index in [0.717, 1.165) is 25.3 Å². The Balaban J connectivity index is 2.52. The van der Waals surface area contributed by atoms with Gasteiger partial charge in [-0.1, -0.05) is 36.2 Å². The average Bonchev–Trinajstić information content (AvgIpc) is 2.23. The Labute approximate surface area is 104 Å². The zero-order chi connectivity index (χ0) is 12.0. The smallest absolute Gasteiger partial charge is 0.0238 e. The summed E-state index contributed by atoms with van der Waals surface area (Å²) in [6.45, 7) is 7.43. The molecule has 0 aliphatic rings. The van der Waals surface area contributed by atoms with E-state index in [1.165, 1.54) is 16.7 Å². The van der Waals surface area contributed by atoms with Crippen LogP contribution in [-0.2, 0) is 6.54 Å². The van der Waals surface area contributed by atoms with Gasteiger partial charge in [-0.05, 0) is 32.3 Å². The first-order valence-corrected chi connectivity index (χ1v) is 6.55. The van der Waals surface area contributed by atoms with Crippen molar-refractivity contribution in [3.8, 4) is 0 Å². The molecule has 0 aliphatic carbocycles. The van der Waals surface area contributed by atoms with Crippen molar-refractivity contribution in [1.29, 1.82) is 0 Å². The molecule has 0 aromatic heterocycles. The summed E-state index contributed by atoms with van der Waals surface area (Å²) in [7, 11) is 0. The number of nitrogens with one attached hydrogen (secondary N) is 1. The predicted octanol–water partition coefficient (Wildman–Crippen LogP) is 3.80. The van der Waals surface area contributed by atoms with E-state index in [4.69, 9.17) is 11.6 Å². The maximum atomic E-state index is 5.77. The van der Waals surface area contributed by atoms with Gasteiger partial charge in [0, 0.05) is 18.5 Å². The summed E-state index contributed by atoms with van der Waals surface area (Å²) in [4.78, 5) is 0. The van der Waals surface area contributed by atoms with E-state index in [-0.39, 0.29) is 0 Å². The van der Waals surface area contributed by atoms with E-state index in [1.54, 1.807) is 0 Å². The van der Waals surface area contributed by atoms with E-state index >= 15 is 0 Å². The molecular weight excluding hydrogens is 218 g/mol. The Morgan fingerprint density at radius 1 is 1.19 bits per heavy atom. The van der Waals surface area contributed by atoms with Crippen LogP contribution < -0.4 is 5.32 Å². The fourth-order valence-corrected chi connectivity index (χ4v) is 2.28. The van der Waals surface area contributed by atoms with E-state index in [2.05, 4.69) is 44.3 Å². The number of benzene rings is 1. The molecule has 0 heterocycles. The molecule has 1 N–H and O–H groups in total. The minimum absolute atomic E-state index is 0.540. The van der Waals surface area contributed by atoms with Gasteiger partial charge in [0.25, 0.3) is 0 Å². The predicted molar refractivity (Wildman–Crippen MR) is 72.2 cm³/mol. The highest BCUT2D eigenvalue weighted by molar-refractivity contribution is 6.17. The molecule has 16 heavy (non-hydrogen) atoms. The average molecular weight is 240 g/mol. The van der Waals surface area contributed by atoms with Crippen molar-refractivity contribution in [3.05, 3.63) is 34.9 Å². The third kappa shape index (κ3) is 4.54. The summed E-state index contributed by atoms with van der Waals surface area (Å²) < 4.78 is 0. The molecule has 1 nitrogen and oxygen atoms in total. The molecule has 0 amide bonds. The van der Waals surface area contributed by atoms with Crippen molar-refractivity contribution in [2.75, 3.05) is 5.88 Å². The number of rotatable bonds is 6. The third-order valence-electron chi connectivity index (χ3n) is 2.83. The summed E-state index contributed by atoms with van der Waals surface area (Å²) in [5.74, 6) is 0.734. The minimum atomic E-state index is 0.540. The van der Waals surface area contributed by atoms with E-state index in [1.807, 2.05) is 0 Å². The van der Waals surface area contributed by atoms with Gasteiger partial charge in [-0.25, -0.2) is 0 Å². The van der Waals surface area contributed by atoms with Crippen molar-refractivity contribution in [3.63, 3.8) is 0 Å². The van der Waals surface area contributed by atoms with Gasteiger partial charge in [0.15, 0.2) is 0 Å². The van der Waals surface area contributed by atoms with Gasteiger partial charge in [0.05, 0.1) is 0 Å². The molecule has 1 rings (SSSR count). The SMILES string of the molecule is CCC(CCCl)NCc1cc(C)cc(C)c1. The second-order valence-electron chi connectivity index (χ2n) is 4.46. The number of aryl methyl sites for hydroxylation is 2. The maximum absolute atomic E-state index is 5.77. The molecule has 1 aromatic rings. The van der Waals surface area contributed by atoms with Crippen molar-refractivity contribution in [1.82, 2.24) is 5.32 Å². The molecule has 1 unspecified atom stereocenters. The summed E-state index contributed by atoms with van der Waals surface area (Å²) in [6.07, 6.45) is 2.18. The molecule has 90 valence electrons. The van der Waals surface area contributed by atoms with Gasteiger partial charge in [0.2, 0.25) is 0 Å². The Morgan fingerprint density at radius 2 is 1.81 bits per heavy atom. The number of hydrogen-bond acceptors (Lipinski definition) is 1. The lowest BCUT2D eigenvalue weighted by Crippen LogP contribution is -2.28. The minimum Gasteiger partial charge on any atom is -0.310 e. The van der Waals surface area contributed by atoms with Crippen molar-refractivity contribution in [2.45, 2.75) is 46.2 Å². The lowest BCUT2D eigenvalue weighted by Gasteiger charge is -2.16. The van der Waals surface area contributed by atoms with Crippen LogP contribution in [0.4, 0.5) is 0 Å². The van der Waals surface area contributed by atoms with Crippen molar-refractivity contribution < 1.29 is 0 Å². The largest absolute Gasteiger partial charge is 0.310 e. The zero-order valence-corrected chi connectivity index (χ0v) is 11.3. The van der Waals surface area contributed by atoms with Gasteiger partial charge in [-0.3, -0.25) is 0 Å². The zero-order valence-electron chi connectivity index (χ0n) is 10.5. The summed E-state index contributed by atoms with van der Waals surface area (Å²) in [5, 5.41) is 3.56. The van der Waals surface area contributed by atoms with Crippen LogP contribution in [0, 0.1) is 13.8 Å². The summed E-state index contributed by atoms with van der Waals surface area (Å²) >= 11 is 5.77. The Hall–Kier alpha value is -0.530. The fraction of sp³-hybridized carbons (Fsp3) is 0.571. The molecule has 2 heteroatoms. The molecule has 0 spiro atoms. The first kappa shape index (κ1) is 13.5. The Morgan fingerprint density at radius 3 is 2.31 bits per heavy atom. The molecule has 0 bridgehead atoms. The van der Waals surface area contributed by atoms with Crippen LogP contribution in [0.2, 0.25) is 0 Å². The molecule has 1 atom stereocenters. The molecule has 1 aromatic carbocycles. The Bertz CT molecular complexity index is 302. The third-order valence-corrected chi connectivity index (χ3v) is 3.04. The quantitative estimate of drug-likeness (QED) is 0.745. The molecule has 0 radical (unpaired) electrons. The monoisotopic (exact) mass is 239 g/mol.